The maximum atomic E-state index is 13.3. The lowest BCUT2D eigenvalue weighted by molar-refractivity contribution is 0.0980. The van der Waals surface area contributed by atoms with Gasteiger partial charge in [-0.25, -0.2) is 0 Å². The van der Waals surface area contributed by atoms with Crippen molar-refractivity contribution in [3.63, 3.8) is 0 Å². The number of aryl methyl sites for hydroxylation is 1. The minimum absolute atomic E-state index is 0.115. The van der Waals surface area contributed by atoms with Crippen molar-refractivity contribution in [2.24, 2.45) is 0 Å². The molecule has 0 fully saturated rings. The number of rotatable bonds is 4. The van der Waals surface area contributed by atoms with Crippen LogP contribution in [0, 0.1) is 0 Å². The lowest BCUT2D eigenvalue weighted by Crippen LogP contribution is -2.24. The number of carbonyl (C=O) groups is 2. The van der Waals surface area contributed by atoms with E-state index in [1.54, 1.807) is 31.3 Å². The second kappa shape index (κ2) is 6.72. The Bertz CT molecular complexity index is 1060. The minimum atomic E-state index is -0.127. The van der Waals surface area contributed by atoms with Crippen molar-refractivity contribution in [2.75, 3.05) is 17.7 Å². The molecule has 0 spiro atoms. The highest BCUT2D eigenvalue weighted by molar-refractivity contribution is 6.32. The number of carbonyl (C=O) groups excluding carboxylic acids is 2. The Hall–Kier alpha value is -3.40. The molecular formula is C23H20N2O2. The number of anilines is 3. The molecule has 0 saturated carbocycles. The zero-order valence-electron chi connectivity index (χ0n) is 15.3. The first-order valence-electron chi connectivity index (χ1n) is 9.03. The molecule has 134 valence electrons. The number of fused-ring (bicyclic) bond motifs is 2. The molecule has 1 aliphatic rings. The van der Waals surface area contributed by atoms with Crippen LogP contribution >= 0.6 is 0 Å². The fraction of sp³-hybridized carbons (Fsp3) is 0.130. The smallest absolute Gasteiger partial charge is 0.196 e. The first-order chi connectivity index (χ1) is 13.2. The summed E-state index contributed by atoms with van der Waals surface area (Å²) in [5.74, 6) is -0.242. The van der Waals surface area contributed by atoms with Crippen LogP contribution in [0.4, 0.5) is 17.1 Å². The van der Waals surface area contributed by atoms with Crippen molar-refractivity contribution < 1.29 is 9.59 Å². The second-order valence-corrected chi connectivity index (χ2v) is 6.51. The van der Waals surface area contributed by atoms with Gasteiger partial charge in [0.1, 0.15) is 0 Å². The predicted molar refractivity (Wildman–Crippen MR) is 108 cm³/mol. The number of hydrogen-bond donors (Lipinski definition) is 2. The Morgan fingerprint density at radius 1 is 0.815 bits per heavy atom. The molecule has 2 N–H and O–H groups in total. The van der Waals surface area contributed by atoms with E-state index in [2.05, 4.69) is 10.6 Å². The molecule has 0 aliphatic heterocycles. The fourth-order valence-electron chi connectivity index (χ4n) is 3.69. The molecule has 4 nitrogen and oxygen atoms in total. The Labute approximate surface area is 158 Å². The van der Waals surface area contributed by atoms with Crippen molar-refractivity contribution in [1.29, 1.82) is 0 Å². The summed E-state index contributed by atoms with van der Waals surface area (Å²) in [4.78, 5) is 26.6. The Morgan fingerprint density at radius 2 is 1.41 bits per heavy atom. The minimum Gasteiger partial charge on any atom is -0.387 e. The monoisotopic (exact) mass is 356 g/mol. The van der Waals surface area contributed by atoms with E-state index in [0.717, 1.165) is 23.4 Å². The Balaban J connectivity index is 1.99. The molecule has 4 heteroatoms. The van der Waals surface area contributed by atoms with E-state index >= 15 is 0 Å². The molecule has 0 amide bonds. The average Bonchev–Trinajstić information content (AvgIpc) is 2.72. The summed E-state index contributed by atoms with van der Waals surface area (Å²) in [6.45, 7) is 2.04. The van der Waals surface area contributed by atoms with Crippen molar-refractivity contribution in [3.8, 4) is 0 Å². The van der Waals surface area contributed by atoms with E-state index in [4.69, 9.17) is 0 Å². The van der Waals surface area contributed by atoms with Crippen molar-refractivity contribution in [3.05, 3.63) is 88.5 Å². The van der Waals surface area contributed by atoms with Crippen LogP contribution in [0.1, 0.15) is 44.3 Å². The van der Waals surface area contributed by atoms with Gasteiger partial charge in [0.2, 0.25) is 0 Å². The number of para-hydroxylation sites is 1. The van der Waals surface area contributed by atoms with Crippen LogP contribution in [-0.2, 0) is 6.42 Å². The SMILES string of the molecule is CCc1cc(Nc2ccccc2)c2c(c1NC)C(=O)c1ccccc1C2=O. The molecule has 27 heavy (non-hydrogen) atoms. The molecule has 0 atom stereocenters. The third-order valence-electron chi connectivity index (χ3n) is 4.96. The van der Waals surface area contributed by atoms with Crippen molar-refractivity contribution >= 4 is 28.6 Å². The van der Waals surface area contributed by atoms with E-state index in [-0.39, 0.29) is 11.6 Å². The van der Waals surface area contributed by atoms with Gasteiger partial charge in [0.15, 0.2) is 11.6 Å². The first kappa shape index (κ1) is 17.0. The standard InChI is InChI=1S/C23H20N2O2/c1-3-14-13-18(25-15-9-5-4-6-10-15)19-20(21(14)24-2)23(27)17-12-8-7-11-16(17)22(19)26/h4-13,24-25H,3H2,1-2H3. The summed E-state index contributed by atoms with van der Waals surface area (Å²) in [5.41, 5.74) is 5.08. The largest absolute Gasteiger partial charge is 0.387 e. The summed E-state index contributed by atoms with van der Waals surface area (Å²) in [6.07, 6.45) is 0.746. The lowest BCUT2D eigenvalue weighted by atomic mass is 9.80. The maximum absolute atomic E-state index is 13.3. The quantitative estimate of drug-likeness (QED) is 0.551. The second-order valence-electron chi connectivity index (χ2n) is 6.51. The molecule has 0 heterocycles. The van der Waals surface area contributed by atoms with Crippen LogP contribution in [-0.4, -0.2) is 18.6 Å². The lowest BCUT2D eigenvalue weighted by Gasteiger charge is -2.25. The first-order valence-corrected chi connectivity index (χ1v) is 9.03. The fourth-order valence-corrected chi connectivity index (χ4v) is 3.69. The molecular weight excluding hydrogens is 336 g/mol. The Morgan fingerprint density at radius 3 is 2.00 bits per heavy atom. The van der Waals surface area contributed by atoms with Crippen LogP contribution in [0.5, 0.6) is 0 Å². The number of benzene rings is 3. The number of nitrogens with one attached hydrogen (secondary N) is 2. The van der Waals surface area contributed by atoms with Crippen LogP contribution in [0.25, 0.3) is 0 Å². The third kappa shape index (κ3) is 2.70. The zero-order chi connectivity index (χ0) is 19.0. The normalized spacial score (nSPS) is 12.4. The van der Waals surface area contributed by atoms with Gasteiger partial charge in [-0.3, -0.25) is 9.59 Å². The topological polar surface area (TPSA) is 58.2 Å². The van der Waals surface area contributed by atoms with Gasteiger partial charge in [0, 0.05) is 29.5 Å². The van der Waals surface area contributed by atoms with Crippen molar-refractivity contribution in [1.82, 2.24) is 0 Å². The summed E-state index contributed by atoms with van der Waals surface area (Å²) < 4.78 is 0. The molecule has 0 radical (unpaired) electrons. The highest BCUT2D eigenvalue weighted by atomic mass is 16.1. The van der Waals surface area contributed by atoms with Gasteiger partial charge >= 0.3 is 0 Å². The van der Waals surface area contributed by atoms with Crippen LogP contribution in [0.15, 0.2) is 60.7 Å². The van der Waals surface area contributed by atoms with Gasteiger partial charge in [-0.15, -0.1) is 0 Å². The van der Waals surface area contributed by atoms with E-state index in [1.807, 2.05) is 43.3 Å². The molecule has 1 aliphatic carbocycles. The molecule has 3 aromatic rings. The maximum Gasteiger partial charge on any atom is 0.196 e. The summed E-state index contributed by atoms with van der Waals surface area (Å²) in [6, 6.07) is 18.7. The summed E-state index contributed by atoms with van der Waals surface area (Å²) in [5, 5.41) is 6.49. The highest BCUT2D eigenvalue weighted by Crippen LogP contribution is 2.39. The molecule has 4 rings (SSSR count). The van der Waals surface area contributed by atoms with E-state index < -0.39 is 0 Å². The highest BCUT2D eigenvalue weighted by Gasteiger charge is 2.34. The van der Waals surface area contributed by atoms with Crippen LogP contribution < -0.4 is 10.6 Å². The van der Waals surface area contributed by atoms with E-state index in [0.29, 0.717) is 27.9 Å². The van der Waals surface area contributed by atoms with Crippen LogP contribution in [0.2, 0.25) is 0 Å². The molecule has 0 aromatic heterocycles. The van der Waals surface area contributed by atoms with Gasteiger partial charge in [0.25, 0.3) is 0 Å². The Kier molecular flexibility index (Phi) is 4.24. The zero-order valence-corrected chi connectivity index (χ0v) is 15.3. The molecule has 0 bridgehead atoms. The van der Waals surface area contributed by atoms with E-state index in [9.17, 15) is 9.59 Å². The van der Waals surface area contributed by atoms with Gasteiger partial charge in [-0.05, 0) is 30.2 Å². The van der Waals surface area contributed by atoms with Gasteiger partial charge < -0.3 is 10.6 Å². The molecule has 0 saturated heterocycles. The third-order valence-corrected chi connectivity index (χ3v) is 4.96. The summed E-state index contributed by atoms with van der Waals surface area (Å²) in [7, 11) is 1.79. The summed E-state index contributed by atoms with van der Waals surface area (Å²) >= 11 is 0. The van der Waals surface area contributed by atoms with Crippen LogP contribution in [0.3, 0.4) is 0 Å². The molecule has 0 unspecified atom stereocenters. The molecule has 3 aromatic carbocycles. The van der Waals surface area contributed by atoms with Gasteiger partial charge in [0.05, 0.1) is 16.8 Å². The van der Waals surface area contributed by atoms with Crippen molar-refractivity contribution in [2.45, 2.75) is 13.3 Å². The van der Waals surface area contributed by atoms with Gasteiger partial charge in [-0.2, -0.15) is 0 Å². The average molecular weight is 356 g/mol. The van der Waals surface area contributed by atoms with E-state index in [1.165, 1.54) is 0 Å². The predicted octanol–water partition coefficient (Wildman–Crippen LogP) is 4.81. The number of hydrogen-bond acceptors (Lipinski definition) is 4. The number of ketones is 2. The van der Waals surface area contributed by atoms with Gasteiger partial charge in [-0.1, -0.05) is 49.4 Å².